The van der Waals surface area contributed by atoms with E-state index < -0.39 is 0 Å². The molecule has 0 N–H and O–H groups in total. The van der Waals surface area contributed by atoms with Gasteiger partial charge in [0, 0.05) is 18.5 Å². The summed E-state index contributed by atoms with van der Waals surface area (Å²) in [5.41, 5.74) is 3.38. The number of pyridine rings is 1. The summed E-state index contributed by atoms with van der Waals surface area (Å²) < 4.78 is 7.21. The van der Waals surface area contributed by atoms with Crippen LogP contribution in [-0.2, 0) is 17.0 Å². The van der Waals surface area contributed by atoms with Crippen molar-refractivity contribution < 1.29 is 9.53 Å². The fraction of sp³-hybridized carbons (Fsp3) is 0.278. The zero-order valence-electron chi connectivity index (χ0n) is 13.7. The van der Waals surface area contributed by atoms with Gasteiger partial charge < -0.3 is 9.30 Å². The fourth-order valence-electron chi connectivity index (χ4n) is 2.49. The van der Waals surface area contributed by atoms with Crippen molar-refractivity contribution in [1.82, 2.24) is 14.5 Å². The predicted molar refractivity (Wildman–Crippen MR) is 95.2 cm³/mol. The monoisotopic (exact) mass is 341 g/mol. The number of hydrogen-bond donors (Lipinski definition) is 0. The van der Waals surface area contributed by atoms with Gasteiger partial charge in [0.1, 0.15) is 0 Å². The molecule has 1 aromatic carbocycles. The first-order chi connectivity index (χ1) is 11.7. The van der Waals surface area contributed by atoms with Crippen LogP contribution in [0.3, 0.4) is 0 Å². The molecule has 0 aliphatic heterocycles. The second-order valence-electron chi connectivity index (χ2n) is 5.17. The molecule has 0 amide bonds. The highest BCUT2D eigenvalue weighted by molar-refractivity contribution is 7.98. The lowest BCUT2D eigenvalue weighted by atomic mass is 10.2. The number of thioether (sulfide) groups is 1. The number of fused-ring (bicyclic) bond motifs is 1. The molecule has 2 heterocycles. The van der Waals surface area contributed by atoms with Gasteiger partial charge in [0.25, 0.3) is 0 Å². The van der Waals surface area contributed by atoms with Crippen LogP contribution in [-0.4, -0.2) is 27.1 Å². The molecule has 3 rings (SSSR count). The van der Waals surface area contributed by atoms with Gasteiger partial charge in [-0.15, -0.1) is 0 Å². The molecule has 2 aromatic heterocycles. The lowest BCUT2D eigenvalue weighted by Gasteiger charge is -2.05. The topological polar surface area (TPSA) is 57.0 Å². The van der Waals surface area contributed by atoms with E-state index in [-0.39, 0.29) is 5.97 Å². The smallest absolute Gasteiger partial charge is 0.338 e. The maximum Gasteiger partial charge on any atom is 0.338 e. The van der Waals surface area contributed by atoms with E-state index >= 15 is 0 Å². The van der Waals surface area contributed by atoms with Crippen LogP contribution in [0.15, 0.2) is 47.8 Å². The Kier molecular flexibility index (Phi) is 5.15. The summed E-state index contributed by atoms with van der Waals surface area (Å²) >= 11 is 1.65. The van der Waals surface area contributed by atoms with Gasteiger partial charge in [-0.1, -0.05) is 17.8 Å². The summed E-state index contributed by atoms with van der Waals surface area (Å²) in [6, 6.07) is 11.4. The fourth-order valence-corrected chi connectivity index (χ4v) is 3.48. The lowest BCUT2D eigenvalue weighted by molar-refractivity contribution is 0.0526. The quantitative estimate of drug-likeness (QED) is 0.502. The van der Waals surface area contributed by atoms with E-state index in [0.29, 0.717) is 12.2 Å². The van der Waals surface area contributed by atoms with Crippen molar-refractivity contribution in [2.45, 2.75) is 31.3 Å². The number of ether oxygens (including phenoxy) is 1. The molecule has 24 heavy (non-hydrogen) atoms. The Morgan fingerprint density at radius 1 is 1.25 bits per heavy atom. The van der Waals surface area contributed by atoms with Crippen LogP contribution in [0.5, 0.6) is 0 Å². The average molecular weight is 341 g/mol. The van der Waals surface area contributed by atoms with E-state index in [1.807, 2.05) is 24.3 Å². The van der Waals surface area contributed by atoms with Crippen molar-refractivity contribution in [2.75, 3.05) is 6.61 Å². The Morgan fingerprint density at radius 3 is 2.83 bits per heavy atom. The largest absolute Gasteiger partial charge is 0.462 e. The highest BCUT2D eigenvalue weighted by Gasteiger charge is 2.14. The Labute approximate surface area is 145 Å². The van der Waals surface area contributed by atoms with Crippen LogP contribution in [0, 0.1) is 0 Å². The Bertz CT molecular complexity index is 846. The Morgan fingerprint density at radius 2 is 2.12 bits per heavy atom. The molecule has 0 bridgehead atoms. The SMILES string of the molecule is CCOC(=O)c1ccc2c(c1)nc(SCc1ccccn1)n2CC. The summed E-state index contributed by atoms with van der Waals surface area (Å²) in [5.74, 6) is 0.447. The Balaban J connectivity index is 1.89. The zero-order chi connectivity index (χ0) is 16.9. The number of hydrogen-bond acceptors (Lipinski definition) is 5. The number of carbonyl (C=O) groups excluding carboxylic acids is 1. The molecule has 0 unspecified atom stereocenters. The van der Waals surface area contributed by atoms with E-state index in [9.17, 15) is 4.79 Å². The highest BCUT2D eigenvalue weighted by Crippen LogP contribution is 2.27. The molecular formula is C18H19N3O2S. The summed E-state index contributed by atoms with van der Waals surface area (Å²) in [5, 5.41) is 0.930. The van der Waals surface area contributed by atoms with E-state index in [0.717, 1.165) is 34.2 Å². The summed E-state index contributed by atoms with van der Waals surface area (Å²) in [7, 11) is 0. The number of imidazole rings is 1. The van der Waals surface area contributed by atoms with Crippen molar-refractivity contribution in [2.24, 2.45) is 0 Å². The predicted octanol–water partition coefficient (Wildman–Crippen LogP) is 3.92. The average Bonchev–Trinajstić information content (AvgIpc) is 2.97. The minimum Gasteiger partial charge on any atom is -0.462 e. The van der Waals surface area contributed by atoms with Gasteiger partial charge >= 0.3 is 5.97 Å². The van der Waals surface area contributed by atoms with Gasteiger partial charge in [0.15, 0.2) is 5.16 Å². The molecule has 6 heteroatoms. The summed E-state index contributed by atoms with van der Waals surface area (Å²) in [6.45, 7) is 5.07. The summed E-state index contributed by atoms with van der Waals surface area (Å²) in [4.78, 5) is 20.9. The third-order valence-electron chi connectivity index (χ3n) is 3.62. The van der Waals surface area contributed by atoms with E-state index in [1.54, 1.807) is 37.0 Å². The van der Waals surface area contributed by atoms with Crippen LogP contribution in [0.1, 0.15) is 29.9 Å². The first-order valence-corrected chi connectivity index (χ1v) is 8.91. The number of benzene rings is 1. The van der Waals surface area contributed by atoms with Crippen molar-refractivity contribution in [3.63, 3.8) is 0 Å². The van der Waals surface area contributed by atoms with Crippen molar-refractivity contribution in [3.05, 3.63) is 53.9 Å². The van der Waals surface area contributed by atoms with Crippen LogP contribution in [0.4, 0.5) is 0 Å². The number of carbonyl (C=O) groups is 1. The third-order valence-corrected chi connectivity index (χ3v) is 4.63. The van der Waals surface area contributed by atoms with Gasteiger partial charge in [-0.2, -0.15) is 0 Å². The molecule has 0 saturated carbocycles. The minimum absolute atomic E-state index is 0.312. The van der Waals surface area contributed by atoms with Crippen LogP contribution >= 0.6 is 11.8 Å². The normalized spacial score (nSPS) is 10.9. The van der Waals surface area contributed by atoms with Crippen LogP contribution in [0.25, 0.3) is 11.0 Å². The van der Waals surface area contributed by atoms with E-state index in [4.69, 9.17) is 9.72 Å². The number of nitrogens with zero attached hydrogens (tertiary/aromatic N) is 3. The highest BCUT2D eigenvalue weighted by atomic mass is 32.2. The molecule has 0 aliphatic rings. The van der Waals surface area contributed by atoms with Crippen molar-refractivity contribution >= 4 is 28.8 Å². The molecule has 0 saturated heterocycles. The molecule has 124 valence electrons. The van der Waals surface area contributed by atoms with Gasteiger partial charge in [-0.3, -0.25) is 4.98 Å². The molecule has 0 aliphatic carbocycles. The number of rotatable bonds is 6. The molecule has 0 atom stereocenters. The van der Waals surface area contributed by atoms with Gasteiger partial charge in [-0.25, -0.2) is 9.78 Å². The minimum atomic E-state index is -0.312. The molecule has 0 fully saturated rings. The van der Waals surface area contributed by atoms with Gasteiger partial charge in [0.05, 0.1) is 28.9 Å². The molecule has 5 nitrogen and oxygen atoms in total. The Hall–Kier alpha value is -2.34. The molecule has 0 spiro atoms. The molecule has 3 aromatic rings. The van der Waals surface area contributed by atoms with E-state index in [1.165, 1.54) is 0 Å². The maximum atomic E-state index is 11.9. The van der Waals surface area contributed by atoms with Crippen LogP contribution < -0.4 is 0 Å². The van der Waals surface area contributed by atoms with Crippen LogP contribution in [0.2, 0.25) is 0 Å². The third kappa shape index (κ3) is 3.43. The van der Waals surface area contributed by atoms with E-state index in [2.05, 4.69) is 16.5 Å². The standard InChI is InChI=1S/C18H19N3O2S/c1-3-21-16-9-8-13(17(22)23-4-2)11-15(16)20-18(21)24-12-14-7-5-6-10-19-14/h5-11H,3-4,12H2,1-2H3. The zero-order valence-corrected chi connectivity index (χ0v) is 14.5. The molecular weight excluding hydrogens is 322 g/mol. The van der Waals surface area contributed by atoms with Gasteiger partial charge in [-0.05, 0) is 44.2 Å². The molecule has 0 radical (unpaired) electrons. The first kappa shape index (κ1) is 16.5. The second-order valence-corrected chi connectivity index (χ2v) is 6.11. The first-order valence-electron chi connectivity index (χ1n) is 7.93. The number of aromatic nitrogens is 3. The van der Waals surface area contributed by atoms with Crippen molar-refractivity contribution in [1.29, 1.82) is 0 Å². The van der Waals surface area contributed by atoms with Crippen molar-refractivity contribution in [3.8, 4) is 0 Å². The number of aryl methyl sites for hydroxylation is 1. The second kappa shape index (κ2) is 7.49. The number of esters is 1. The maximum absolute atomic E-state index is 11.9. The lowest BCUT2D eigenvalue weighted by Crippen LogP contribution is -2.04. The van der Waals surface area contributed by atoms with Gasteiger partial charge in [0.2, 0.25) is 0 Å². The summed E-state index contributed by atoms with van der Waals surface area (Å²) in [6.07, 6.45) is 1.80.